The van der Waals surface area contributed by atoms with Crippen LogP contribution in [0.3, 0.4) is 0 Å². The van der Waals surface area contributed by atoms with Gasteiger partial charge in [0.2, 0.25) is 29.7 Å². The van der Waals surface area contributed by atoms with Crippen LogP contribution in [0.1, 0.15) is 158 Å². The molecule has 0 unspecified atom stereocenters. The number of hydrogen-bond donors (Lipinski definition) is 14. The van der Waals surface area contributed by atoms with Crippen molar-refractivity contribution < 1.29 is 113 Å². The molecule has 0 saturated heterocycles. The molecular formula is C49H117N13O23. The van der Waals surface area contributed by atoms with E-state index in [1.165, 1.54) is 60.9 Å². The van der Waals surface area contributed by atoms with Gasteiger partial charge in [0.15, 0.2) is 0 Å². The number of aliphatic imine (C=N–C) groups is 1. The first-order chi connectivity index (χ1) is 39.5. The maximum atomic E-state index is 10.4. The van der Waals surface area contributed by atoms with Crippen LogP contribution in [0.5, 0.6) is 0 Å². The Bertz CT molecular complexity index is 1260. The van der Waals surface area contributed by atoms with Gasteiger partial charge in [0.05, 0.1) is 13.7 Å². The van der Waals surface area contributed by atoms with Gasteiger partial charge in [0, 0.05) is 102 Å². The lowest BCUT2D eigenvalue weighted by Gasteiger charge is -2.01. The van der Waals surface area contributed by atoms with Gasteiger partial charge < -0.3 is 62.6 Å². The molecule has 516 valence electrons. The molecule has 0 spiro atoms. The van der Waals surface area contributed by atoms with Gasteiger partial charge in [-0.15, -0.1) is 0 Å². The standard InChI is InChI=1S/2C5H10N2O4.4C4H9NO.C3H5NO.2C2H5NO3.2C2H3NO.5C2H6.2CH4.H2O2/c2*1-3-7-5(9)11-10-4(8)6-2;4*1-3-4(6)5-2;1-2-5-3-4;2*1-3-2(4)6-5;1-4-2-3;1-3-2-4;5*1-2;;;1-2/h2*3H2,1-2H3,(H,6,8)(H,7,9);4*3H2,1-2H3,(H,5,6);2H2,1H3;2*5H,1H3,(H,3,4);2*1H3;5*1-2H3;2*1H4;1-2H. The van der Waals surface area contributed by atoms with Crippen molar-refractivity contribution in [3.05, 3.63) is 0 Å². The first-order valence-corrected chi connectivity index (χ1v) is 25.2. The lowest BCUT2D eigenvalue weighted by Crippen LogP contribution is -2.27. The van der Waals surface area contributed by atoms with Gasteiger partial charge in [-0.2, -0.15) is 21.0 Å². The molecular weight excluding hydrogens is 1140 g/mol. The molecule has 0 aromatic rings. The number of carbonyl (C=O) groups excluding carboxylic acids is 11. The van der Waals surface area contributed by atoms with E-state index in [4.69, 9.17) is 36.3 Å². The minimum Gasteiger partial charge on any atom is -0.431 e. The Morgan fingerprint density at radius 1 is 0.412 bits per heavy atom. The van der Waals surface area contributed by atoms with Crippen molar-refractivity contribution in [2.24, 2.45) is 4.99 Å². The van der Waals surface area contributed by atoms with E-state index in [-0.39, 0.29) is 38.5 Å². The van der Waals surface area contributed by atoms with Gasteiger partial charge in [-0.3, -0.25) is 39.5 Å². The highest BCUT2D eigenvalue weighted by molar-refractivity contribution is 5.76. The van der Waals surface area contributed by atoms with Crippen LogP contribution < -0.4 is 53.2 Å². The molecule has 0 aliphatic carbocycles. The number of ether oxygens (including phenoxy) is 2. The maximum Gasteiger partial charge on any atom is 0.450 e. The fraction of sp³-hybridized carbons (Fsp3) is 0.735. The van der Waals surface area contributed by atoms with Crippen molar-refractivity contribution in [3.8, 4) is 12.5 Å². The number of methoxy groups -OCH3 is 1. The highest BCUT2D eigenvalue weighted by Gasteiger charge is 2.05. The summed E-state index contributed by atoms with van der Waals surface area (Å²) < 4.78 is 7.99. The van der Waals surface area contributed by atoms with Gasteiger partial charge >= 0.3 is 36.6 Å². The van der Waals surface area contributed by atoms with Crippen LogP contribution in [-0.4, -0.2) is 178 Å². The Balaban J connectivity index is -0.0000000329. The monoisotopic (exact) mass is 1260 g/mol. The molecule has 0 saturated carbocycles. The minimum absolute atomic E-state index is 0. The smallest absolute Gasteiger partial charge is 0.431 e. The molecule has 0 rings (SSSR count). The molecule has 0 heterocycles. The zero-order chi connectivity index (χ0) is 70.3. The summed E-state index contributed by atoms with van der Waals surface area (Å²) in [6.45, 7) is 33.8. The molecule has 0 fully saturated rings. The predicted molar refractivity (Wildman–Crippen MR) is 325 cm³/mol. The highest BCUT2D eigenvalue weighted by Crippen LogP contribution is 1.81. The van der Waals surface area contributed by atoms with Crippen molar-refractivity contribution in [2.75, 3.05) is 90.2 Å². The number of nitrogens with one attached hydrogen (secondary N) is 10. The van der Waals surface area contributed by atoms with Crippen LogP contribution in [0.4, 0.5) is 28.8 Å². The summed E-state index contributed by atoms with van der Waals surface area (Å²) in [6, 6.07) is 0. The lowest BCUT2D eigenvalue weighted by atomic mass is 10.5. The van der Waals surface area contributed by atoms with Crippen LogP contribution in [0.25, 0.3) is 0 Å². The number of hydrogen-bond acceptors (Lipinski definition) is 26. The van der Waals surface area contributed by atoms with E-state index in [0.29, 0.717) is 45.4 Å². The Kier molecular flexibility index (Phi) is 255. The summed E-state index contributed by atoms with van der Waals surface area (Å²) in [5.41, 5.74) is 0. The van der Waals surface area contributed by atoms with Crippen molar-refractivity contribution in [2.45, 2.75) is 158 Å². The number of nitrogens with zero attached hydrogens (tertiary/aromatic N) is 3. The third-order valence-electron chi connectivity index (χ3n) is 4.80. The molecule has 0 bridgehead atoms. The van der Waals surface area contributed by atoms with Gasteiger partial charge in [0.25, 0.3) is 12.5 Å². The Morgan fingerprint density at radius 3 is 0.659 bits per heavy atom. The minimum atomic E-state index is -0.852. The van der Waals surface area contributed by atoms with E-state index in [2.05, 4.69) is 86.3 Å². The van der Waals surface area contributed by atoms with Gasteiger partial charge in [-0.25, -0.2) is 58.1 Å². The molecule has 14 N–H and O–H groups in total. The first kappa shape index (κ1) is 132. The fourth-order valence-corrected chi connectivity index (χ4v) is 1.45. The quantitative estimate of drug-likeness (QED) is 0.0394. The Labute approximate surface area is 507 Å². The molecule has 0 radical (unpaired) electrons. The predicted octanol–water partition coefficient (Wildman–Crippen LogP) is 7.20. The normalized spacial score (nSPS) is 6.41. The van der Waals surface area contributed by atoms with E-state index in [0.717, 1.165) is 0 Å². The van der Waals surface area contributed by atoms with E-state index >= 15 is 0 Å². The molecule has 85 heavy (non-hydrogen) atoms. The second kappa shape index (κ2) is 164. The van der Waals surface area contributed by atoms with Crippen LogP contribution in [0.15, 0.2) is 4.99 Å². The van der Waals surface area contributed by atoms with Crippen molar-refractivity contribution in [3.63, 3.8) is 0 Å². The fourth-order valence-electron chi connectivity index (χ4n) is 1.45. The molecule has 0 aliphatic rings. The zero-order valence-electron chi connectivity index (χ0n) is 54.3. The third kappa shape index (κ3) is 262. The van der Waals surface area contributed by atoms with Crippen LogP contribution >= 0.6 is 0 Å². The average Bonchev–Trinajstić information content (AvgIpc) is 3.56. The van der Waals surface area contributed by atoms with E-state index in [1.807, 2.05) is 108 Å². The van der Waals surface area contributed by atoms with Crippen molar-refractivity contribution in [1.29, 1.82) is 10.5 Å². The van der Waals surface area contributed by atoms with Crippen LogP contribution in [-0.2, 0) is 62.8 Å². The maximum absolute atomic E-state index is 10.4. The SMILES string of the molecule is C.C.CC.CC.CC.CC.CC.CCC(=O)NC.CCC(=O)NC.CCC(=O)NC.CCC(=O)NC.CCNC(=O)OOC(=O)NC.CCNC(=O)OOC(=O)NC.CCOC#N.CN=C=O.CNC(=O)OO.CNC(=O)OO.COC#N.OO. The summed E-state index contributed by atoms with van der Waals surface area (Å²) in [7, 11) is 14.6. The van der Waals surface area contributed by atoms with Crippen LogP contribution in [0.2, 0.25) is 0 Å². The second-order valence-corrected chi connectivity index (χ2v) is 9.54. The van der Waals surface area contributed by atoms with E-state index in [9.17, 15) is 47.9 Å². The molecule has 36 heteroatoms. The van der Waals surface area contributed by atoms with Crippen molar-refractivity contribution >= 4 is 66.3 Å². The van der Waals surface area contributed by atoms with E-state index < -0.39 is 36.6 Å². The third-order valence-corrected chi connectivity index (χ3v) is 4.80. The Morgan fingerprint density at radius 2 is 0.600 bits per heavy atom. The largest absolute Gasteiger partial charge is 0.450 e. The topological polar surface area (TPSA) is 523 Å². The molecule has 0 aromatic carbocycles. The van der Waals surface area contributed by atoms with Gasteiger partial charge in [-0.1, -0.05) is 112 Å². The lowest BCUT2D eigenvalue weighted by molar-refractivity contribution is -0.178. The summed E-state index contributed by atoms with van der Waals surface area (Å²) in [5, 5.41) is 64.5. The molecule has 0 atom stereocenters. The first-order valence-electron chi connectivity index (χ1n) is 25.2. The number of nitriles is 2. The van der Waals surface area contributed by atoms with E-state index in [1.54, 1.807) is 49.0 Å². The van der Waals surface area contributed by atoms with Gasteiger partial charge in [-0.05, 0) is 20.8 Å². The number of isocyanates is 1. The molecule has 0 aliphatic heterocycles. The number of rotatable bonds is 7. The molecule has 0 aromatic heterocycles. The molecule has 36 nitrogen and oxygen atoms in total. The summed E-state index contributed by atoms with van der Waals surface area (Å²) in [4.78, 5) is 135. The van der Waals surface area contributed by atoms with Crippen LogP contribution in [0, 0.1) is 23.0 Å². The molecule has 10 amide bonds. The number of amides is 10. The summed E-state index contributed by atoms with van der Waals surface area (Å²) in [6.07, 6.45) is 1.63. The summed E-state index contributed by atoms with van der Waals surface area (Å²) in [5.74, 6) is 0.370. The summed E-state index contributed by atoms with van der Waals surface area (Å²) >= 11 is 0. The number of carbonyl (C=O) groups is 10. The van der Waals surface area contributed by atoms with Crippen molar-refractivity contribution in [1.82, 2.24) is 53.2 Å². The highest BCUT2D eigenvalue weighted by atomic mass is 17.2. The average molecular weight is 1260 g/mol. The zero-order valence-corrected chi connectivity index (χ0v) is 54.3. The second-order valence-electron chi connectivity index (χ2n) is 9.54. The Hall–Kier alpha value is -8.70. The van der Waals surface area contributed by atoms with Gasteiger partial charge in [0.1, 0.15) is 0 Å².